The van der Waals surface area contributed by atoms with Gasteiger partial charge in [-0.1, -0.05) is 29.8 Å². The molecule has 0 saturated heterocycles. The smallest absolute Gasteiger partial charge is 0.243 e. The summed E-state index contributed by atoms with van der Waals surface area (Å²) in [5, 5.41) is 13.3. The molecule has 3 heterocycles. The molecule has 2 unspecified atom stereocenters. The number of halogens is 1. The summed E-state index contributed by atoms with van der Waals surface area (Å²) in [5.41, 5.74) is 1.66. The Labute approximate surface area is 241 Å². The fraction of sp³-hybridized carbons (Fsp3) is 0.269. The molecule has 5 aromatic rings. The maximum Gasteiger partial charge on any atom is 0.243 e. The van der Waals surface area contributed by atoms with Crippen molar-refractivity contribution in [3.8, 4) is 28.6 Å². The summed E-state index contributed by atoms with van der Waals surface area (Å²) >= 11 is 5.91. The topological polar surface area (TPSA) is 148 Å². The average molecular weight is 599 g/mol. The van der Waals surface area contributed by atoms with Crippen LogP contribution in [0.4, 0.5) is 5.95 Å². The summed E-state index contributed by atoms with van der Waals surface area (Å²) in [6.45, 7) is 1.48. The summed E-state index contributed by atoms with van der Waals surface area (Å²) in [4.78, 5) is 8.28. The van der Waals surface area contributed by atoms with Crippen LogP contribution in [0.2, 0.25) is 5.02 Å². The number of aromatic nitrogens is 7. The molecular formula is C26H27ClN8O5S. The molecule has 2 atom stereocenters. The van der Waals surface area contributed by atoms with Crippen molar-refractivity contribution in [3.05, 3.63) is 65.8 Å². The van der Waals surface area contributed by atoms with Gasteiger partial charge in [-0.25, -0.2) is 18.4 Å². The number of nitrogens with one attached hydrogen (secondary N) is 1. The number of methoxy groups -OCH3 is 3. The Kier molecular flexibility index (Phi) is 7.80. The lowest BCUT2D eigenvalue weighted by Gasteiger charge is -2.23. The molecule has 0 fully saturated rings. The molecule has 3 aromatic heterocycles. The number of hydrogen-bond donors (Lipinski definition) is 1. The first-order valence-electron chi connectivity index (χ1n) is 12.3. The van der Waals surface area contributed by atoms with E-state index in [9.17, 15) is 8.42 Å². The molecule has 0 bridgehead atoms. The third-order valence-electron chi connectivity index (χ3n) is 6.48. The van der Waals surface area contributed by atoms with E-state index in [4.69, 9.17) is 25.8 Å². The number of aryl methyl sites for hydroxylation is 1. The van der Waals surface area contributed by atoms with Gasteiger partial charge in [0.1, 0.15) is 34.1 Å². The lowest BCUT2D eigenvalue weighted by atomic mass is 10.1. The number of nitrogens with zero attached hydrogens (tertiary/aromatic N) is 7. The van der Waals surface area contributed by atoms with Gasteiger partial charge in [0.15, 0.2) is 11.6 Å². The molecule has 0 spiro atoms. The summed E-state index contributed by atoms with van der Waals surface area (Å²) < 4.78 is 50.1. The Bertz CT molecular complexity index is 1780. The Morgan fingerprint density at radius 1 is 0.976 bits per heavy atom. The van der Waals surface area contributed by atoms with Gasteiger partial charge in [-0.05, 0) is 25.1 Å². The van der Waals surface area contributed by atoms with Crippen LogP contribution in [-0.2, 0) is 21.8 Å². The molecule has 1 N–H and O–H groups in total. The van der Waals surface area contributed by atoms with Gasteiger partial charge in [0.2, 0.25) is 16.0 Å². The predicted molar refractivity (Wildman–Crippen MR) is 153 cm³/mol. The maximum atomic E-state index is 13.8. The van der Waals surface area contributed by atoms with Gasteiger partial charge in [0, 0.05) is 43.7 Å². The molecule has 214 valence electrons. The lowest BCUT2D eigenvalue weighted by Crippen LogP contribution is -2.33. The number of para-hydroxylation sites is 1. The minimum Gasteiger partial charge on any atom is -0.494 e. The fourth-order valence-electron chi connectivity index (χ4n) is 4.49. The zero-order chi connectivity index (χ0) is 29.3. The van der Waals surface area contributed by atoms with Crippen LogP contribution in [0.15, 0.2) is 55.0 Å². The van der Waals surface area contributed by atoms with Gasteiger partial charge in [0.05, 0.1) is 19.2 Å². The quantitative estimate of drug-likeness (QED) is 0.251. The van der Waals surface area contributed by atoms with E-state index < -0.39 is 21.4 Å². The molecule has 13 nitrogen and oxygen atoms in total. The first kappa shape index (κ1) is 28.3. The van der Waals surface area contributed by atoms with Gasteiger partial charge < -0.3 is 14.2 Å². The van der Waals surface area contributed by atoms with Crippen LogP contribution in [0.3, 0.4) is 0 Å². The highest BCUT2D eigenvalue weighted by Crippen LogP contribution is 2.39. The van der Waals surface area contributed by atoms with Crippen molar-refractivity contribution in [2.24, 2.45) is 7.05 Å². The normalized spacial score (nSPS) is 13.2. The van der Waals surface area contributed by atoms with Crippen LogP contribution in [0, 0.1) is 0 Å². The van der Waals surface area contributed by atoms with E-state index in [0.29, 0.717) is 39.1 Å². The van der Waals surface area contributed by atoms with Gasteiger partial charge in [-0.15, -0.1) is 10.2 Å². The van der Waals surface area contributed by atoms with Gasteiger partial charge >= 0.3 is 0 Å². The number of anilines is 1. The van der Waals surface area contributed by atoms with Crippen molar-refractivity contribution in [1.82, 2.24) is 34.5 Å². The summed E-state index contributed by atoms with van der Waals surface area (Å²) in [6, 6.07) is 10.8. The summed E-state index contributed by atoms with van der Waals surface area (Å²) in [5.74, 6) is 1.17. The predicted octanol–water partition coefficient (Wildman–Crippen LogP) is 3.80. The SMILES string of the molecule is COc1cccc(OC)c1-n1c(NS(=O)(=O)C(C)C(OC)c2ncc(Cl)cn2)nnc1-c1cccc2cn(C)nc12. The fourth-order valence-corrected chi connectivity index (χ4v) is 5.72. The molecule has 0 aliphatic carbocycles. The Morgan fingerprint density at radius 2 is 1.63 bits per heavy atom. The highest BCUT2D eigenvalue weighted by molar-refractivity contribution is 7.93. The first-order chi connectivity index (χ1) is 19.7. The van der Waals surface area contributed by atoms with Crippen LogP contribution in [0.5, 0.6) is 11.5 Å². The molecular weight excluding hydrogens is 572 g/mol. The summed E-state index contributed by atoms with van der Waals surface area (Å²) in [6.07, 6.45) is 3.61. The Balaban J connectivity index is 1.67. The van der Waals surface area contributed by atoms with E-state index in [1.54, 1.807) is 22.9 Å². The monoisotopic (exact) mass is 598 g/mol. The Morgan fingerprint density at radius 3 is 2.27 bits per heavy atom. The molecule has 2 aromatic carbocycles. The van der Waals surface area contributed by atoms with E-state index in [1.807, 2.05) is 31.4 Å². The first-order valence-corrected chi connectivity index (χ1v) is 14.2. The zero-order valence-corrected chi connectivity index (χ0v) is 24.4. The molecule has 0 aliphatic heterocycles. The molecule has 0 aliphatic rings. The maximum absolute atomic E-state index is 13.8. The third kappa shape index (κ3) is 5.28. The highest BCUT2D eigenvalue weighted by Gasteiger charge is 2.35. The highest BCUT2D eigenvalue weighted by atomic mass is 35.5. The van der Waals surface area contributed by atoms with Crippen molar-refractivity contribution in [3.63, 3.8) is 0 Å². The van der Waals surface area contributed by atoms with Crippen LogP contribution in [0.1, 0.15) is 18.9 Å². The molecule has 15 heteroatoms. The Hall–Kier alpha value is -4.27. The molecule has 5 rings (SSSR count). The minimum absolute atomic E-state index is 0.102. The van der Waals surface area contributed by atoms with E-state index in [2.05, 4.69) is 30.0 Å². The second-order valence-electron chi connectivity index (χ2n) is 9.01. The number of hydrogen-bond acceptors (Lipinski definition) is 10. The van der Waals surface area contributed by atoms with Crippen molar-refractivity contribution < 1.29 is 22.6 Å². The van der Waals surface area contributed by atoms with Crippen LogP contribution in [-0.4, -0.2) is 69.5 Å². The second-order valence-corrected chi connectivity index (χ2v) is 11.5. The number of benzene rings is 2. The van der Waals surface area contributed by atoms with Crippen molar-refractivity contribution in [2.75, 3.05) is 26.1 Å². The lowest BCUT2D eigenvalue weighted by molar-refractivity contribution is 0.0950. The molecule has 41 heavy (non-hydrogen) atoms. The van der Waals surface area contributed by atoms with E-state index >= 15 is 0 Å². The zero-order valence-electron chi connectivity index (χ0n) is 22.8. The van der Waals surface area contributed by atoms with Gasteiger partial charge in [0.25, 0.3) is 0 Å². The number of rotatable bonds is 10. The summed E-state index contributed by atoms with van der Waals surface area (Å²) in [7, 11) is 2.03. The van der Waals surface area contributed by atoms with E-state index in [-0.39, 0.29) is 11.8 Å². The number of ether oxygens (including phenoxy) is 3. The van der Waals surface area contributed by atoms with Gasteiger partial charge in [-0.3, -0.25) is 14.0 Å². The standard InChI is InChI=1S/C26H27ClN8O5S/c1-15(23(40-5)24-28-12-17(27)13-29-24)41(36,37)33-26-31-30-25(18-9-6-8-16-14-34(2)32-21(16)18)35(26)22-19(38-3)10-7-11-20(22)39-4/h6-15,23H,1-5H3,(H,31,33). The van der Waals surface area contributed by atoms with Crippen LogP contribution < -0.4 is 14.2 Å². The number of fused-ring (bicyclic) bond motifs is 1. The van der Waals surface area contributed by atoms with E-state index in [0.717, 1.165) is 5.39 Å². The van der Waals surface area contributed by atoms with Crippen molar-refractivity contribution in [1.29, 1.82) is 0 Å². The number of sulfonamides is 1. The van der Waals surface area contributed by atoms with Crippen molar-refractivity contribution >= 4 is 38.5 Å². The van der Waals surface area contributed by atoms with Gasteiger partial charge in [-0.2, -0.15) is 5.10 Å². The van der Waals surface area contributed by atoms with Crippen LogP contribution in [0.25, 0.3) is 28.0 Å². The largest absolute Gasteiger partial charge is 0.494 e. The molecule has 0 saturated carbocycles. The molecule has 0 amide bonds. The minimum atomic E-state index is -4.17. The molecule has 0 radical (unpaired) electrons. The van der Waals surface area contributed by atoms with E-state index in [1.165, 1.54) is 45.2 Å². The second kappa shape index (κ2) is 11.3. The van der Waals surface area contributed by atoms with Crippen molar-refractivity contribution in [2.45, 2.75) is 18.3 Å². The third-order valence-corrected chi connectivity index (χ3v) is 8.37. The van der Waals surface area contributed by atoms with Crippen LogP contribution >= 0.6 is 11.6 Å². The average Bonchev–Trinajstić information content (AvgIpc) is 3.55.